The van der Waals surface area contributed by atoms with E-state index < -0.39 is 0 Å². The minimum atomic E-state index is -0.0630. The first-order valence-corrected chi connectivity index (χ1v) is 9.43. The van der Waals surface area contributed by atoms with Crippen molar-refractivity contribution in [3.63, 3.8) is 0 Å². The van der Waals surface area contributed by atoms with Crippen molar-refractivity contribution in [1.82, 2.24) is 4.57 Å². The van der Waals surface area contributed by atoms with Crippen molar-refractivity contribution >= 4 is 39.2 Å². The van der Waals surface area contributed by atoms with Gasteiger partial charge in [0.15, 0.2) is 16.3 Å². The van der Waals surface area contributed by atoms with Gasteiger partial charge < -0.3 is 14.0 Å². The molecule has 0 N–H and O–H groups in total. The Hall–Kier alpha value is -1.47. The van der Waals surface area contributed by atoms with Gasteiger partial charge in [0.1, 0.15) is 0 Å². The van der Waals surface area contributed by atoms with E-state index in [-0.39, 0.29) is 12.7 Å². The summed E-state index contributed by atoms with van der Waals surface area (Å²) in [6.45, 7) is 3.07. The van der Waals surface area contributed by atoms with Crippen LogP contribution in [0.5, 0.6) is 11.5 Å². The molecule has 0 saturated heterocycles. The highest BCUT2D eigenvalue weighted by Crippen LogP contribution is 2.37. The fraction of sp³-hybridized carbons (Fsp3) is 0.467. The molecule has 1 amide bonds. The van der Waals surface area contributed by atoms with Crippen LogP contribution in [0.25, 0.3) is 10.2 Å². The highest BCUT2D eigenvalue weighted by Gasteiger charge is 2.17. The molecule has 1 aliphatic rings. The molecular formula is C15H18N2O3S2. The van der Waals surface area contributed by atoms with Gasteiger partial charge in [0.05, 0.1) is 10.2 Å². The molecule has 1 aromatic heterocycles. The topological polar surface area (TPSA) is 52.8 Å². The largest absolute Gasteiger partial charge is 0.454 e. The van der Waals surface area contributed by atoms with Crippen molar-refractivity contribution in [2.24, 2.45) is 4.99 Å². The third-order valence-electron chi connectivity index (χ3n) is 3.38. The second-order valence-electron chi connectivity index (χ2n) is 4.96. The van der Waals surface area contributed by atoms with E-state index in [0.29, 0.717) is 6.42 Å². The van der Waals surface area contributed by atoms with Crippen LogP contribution >= 0.6 is 23.1 Å². The molecule has 1 aromatic carbocycles. The smallest absolute Gasteiger partial charge is 0.248 e. The molecule has 0 unspecified atom stereocenters. The maximum Gasteiger partial charge on any atom is 0.248 e. The molecule has 0 spiro atoms. The maximum absolute atomic E-state index is 11.9. The zero-order valence-corrected chi connectivity index (χ0v) is 14.3. The lowest BCUT2D eigenvalue weighted by Crippen LogP contribution is -2.18. The van der Waals surface area contributed by atoms with Gasteiger partial charge in [-0.2, -0.15) is 16.8 Å². The normalized spacial score (nSPS) is 14.0. The number of thioether (sulfide) groups is 1. The number of hydrogen-bond donors (Lipinski definition) is 0. The van der Waals surface area contributed by atoms with Crippen molar-refractivity contribution < 1.29 is 14.3 Å². The van der Waals surface area contributed by atoms with Crippen LogP contribution in [-0.2, 0) is 11.3 Å². The van der Waals surface area contributed by atoms with Crippen molar-refractivity contribution in [3.05, 3.63) is 16.9 Å². The third-order valence-corrected chi connectivity index (χ3v) is 5.01. The number of amides is 1. The minimum Gasteiger partial charge on any atom is -0.454 e. The van der Waals surface area contributed by atoms with E-state index in [9.17, 15) is 4.79 Å². The standard InChI is InChI=1S/C15H18N2O3S2/c1-3-4-14(18)16-15-17(5-6-21-2)10-7-11-12(20-9-19-11)8-13(10)22-15/h7-8H,3-6,9H2,1-2H3. The van der Waals surface area contributed by atoms with Gasteiger partial charge in [-0.25, -0.2) is 0 Å². The van der Waals surface area contributed by atoms with Crippen LogP contribution in [-0.4, -0.2) is 29.3 Å². The van der Waals surface area contributed by atoms with Gasteiger partial charge in [-0.05, 0) is 12.7 Å². The second-order valence-corrected chi connectivity index (χ2v) is 6.95. The summed E-state index contributed by atoms with van der Waals surface area (Å²) >= 11 is 3.30. The second kappa shape index (κ2) is 6.75. The zero-order chi connectivity index (χ0) is 15.5. The molecule has 2 heterocycles. The van der Waals surface area contributed by atoms with E-state index in [0.717, 1.165) is 45.2 Å². The van der Waals surface area contributed by atoms with Crippen LogP contribution in [0.1, 0.15) is 19.8 Å². The Labute approximate surface area is 137 Å². The number of benzene rings is 1. The SMILES string of the molecule is CCCC(=O)N=c1sc2cc3c(cc2n1CCSC)OCO3. The highest BCUT2D eigenvalue weighted by molar-refractivity contribution is 7.98. The predicted molar refractivity (Wildman–Crippen MR) is 89.8 cm³/mol. The molecule has 5 nitrogen and oxygen atoms in total. The summed E-state index contributed by atoms with van der Waals surface area (Å²) in [5.41, 5.74) is 1.05. The van der Waals surface area contributed by atoms with Gasteiger partial charge in [-0.3, -0.25) is 4.79 Å². The number of rotatable bonds is 5. The zero-order valence-electron chi connectivity index (χ0n) is 12.6. The van der Waals surface area contributed by atoms with Crippen LogP contribution in [0.4, 0.5) is 0 Å². The molecule has 0 radical (unpaired) electrons. The van der Waals surface area contributed by atoms with Crippen LogP contribution in [0.2, 0.25) is 0 Å². The Morgan fingerprint density at radius 3 is 2.91 bits per heavy atom. The molecular weight excluding hydrogens is 320 g/mol. The summed E-state index contributed by atoms with van der Waals surface area (Å²) in [6, 6.07) is 3.96. The lowest BCUT2D eigenvalue weighted by molar-refractivity contribution is -0.118. The third kappa shape index (κ3) is 3.01. The van der Waals surface area contributed by atoms with Gasteiger partial charge in [0, 0.05) is 30.9 Å². The average molecular weight is 338 g/mol. The first-order valence-electron chi connectivity index (χ1n) is 7.22. The lowest BCUT2D eigenvalue weighted by Gasteiger charge is -2.04. The van der Waals surface area contributed by atoms with E-state index >= 15 is 0 Å². The highest BCUT2D eigenvalue weighted by atomic mass is 32.2. The van der Waals surface area contributed by atoms with Gasteiger partial charge in [0.25, 0.3) is 0 Å². The molecule has 0 saturated carbocycles. The molecule has 0 aliphatic carbocycles. The number of carbonyl (C=O) groups is 1. The van der Waals surface area contributed by atoms with E-state index in [1.165, 1.54) is 11.3 Å². The first-order chi connectivity index (χ1) is 10.7. The molecule has 0 atom stereocenters. The summed E-state index contributed by atoms with van der Waals surface area (Å²) < 4.78 is 14.1. The molecule has 22 heavy (non-hydrogen) atoms. The Kier molecular flexibility index (Phi) is 4.73. The Morgan fingerprint density at radius 2 is 2.18 bits per heavy atom. The summed E-state index contributed by atoms with van der Waals surface area (Å²) in [6.07, 6.45) is 3.37. The fourth-order valence-corrected chi connectivity index (χ4v) is 3.77. The van der Waals surface area contributed by atoms with Crippen LogP contribution < -0.4 is 14.3 Å². The minimum absolute atomic E-state index is 0.0630. The molecule has 1 aliphatic heterocycles. The Bertz CT molecular complexity index is 764. The van der Waals surface area contributed by atoms with Crippen molar-refractivity contribution in [1.29, 1.82) is 0 Å². The predicted octanol–water partition coefficient (Wildman–Crippen LogP) is 3.02. The number of thiazole rings is 1. The number of aryl methyl sites for hydroxylation is 1. The van der Waals surface area contributed by atoms with Crippen molar-refractivity contribution in [2.75, 3.05) is 18.8 Å². The number of ether oxygens (including phenoxy) is 2. The molecule has 0 fully saturated rings. The van der Waals surface area contributed by atoms with E-state index in [1.807, 2.05) is 19.1 Å². The lowest BCUT2D eigenvalue weighted by atomic mass is 10.3. The van der Waals surface area contributed by atoms with Crippen LogP contribution in [0.3, 0.4) is 0 Å². The van der Waals surface area contributed by atoms with Gasteiger partial charge in [0.2, 0.25) is 12.7 Å². The molecule has 7 heteroatoms. The Morgan fingerprint density at radius 1 is 1.41 bits per heavy atom. The van der Waals surface area contributed by atoms with Crippen LogP contribution in [0, 0.1) is 0 Å². The summed E-state index contributed by atoms with van der Waals surface area (Å²) in [5, 5.41) is 0. The number of nitrogens with zero attached hydrogens (tertiary/aromatic N) is 2. The number of carbonyl (C=O) groups excluding carboxylic acids is 1. The number of hydrogen-bond acceptors (Lipinski definition) is 5. The van der Waals surface area contributed by atoms with Gasteiger partial charge in [-0.1, -0.05) is 18.3 Å². The molecule has 2 aromatic rings. The molecule has 118 valence electrons. The molecule has 0 bridgehead atoms. The van der Waals surface area contributed by atoms with E-state index in [4.69, 9.17) is 9.47 Å². The van der Waals surface area contributed by atoms with Gasteiger partial charge in [-0.15, -0.1) is 0 Å². The average Bonchev–Trinajstić information content (AvgIpc) is 3.06. The summed E-state index contributed by atoms with van der Waals surface area (Å²) in [4.78, 5) is 16.9. The monoisotopic (exact) mass is 338 g/mol. The number of fused-ring (bicyclic) bond motifs is 2. The van der Waals surface area contributed by atoms with Crippen molar-refractivity contribution in [2.45, 2.75) is 26.3 Å². The van der Waals surface area contributed by atoms with Gasteiger partial charge >= 0.3 is 0 Å². The van der Waals surface area contributed by atoms with Crippen molar-refractivity contribution in [3.8, 4) is 11.5 Å². The fourth-order valence-electron chi connectivity index (χ4n) is 2.32. The maximum atomic E-state index is 11.9. The summed E-state index contributed by atoms with van der Waals surface area (Å²) in [7, 11) is 0. The van der Waals surface area contributed by atoms with Crippen LogP contribution in [0.15, 0.2) is 17.1 Å². The number of aromatic nitrogens is 1. The van der Waals surface area contributed by atoms with E-state index in [1.54, 1.807) is 11.8 Å². The first kappa shape index (κ1) is 15.4. The quantitative estimate of drug-likeness (QED) is 0.841. The Balaban J connectivity index is 2.12. The molecule has 3 rings (SSSR count). The summed E-state index contributed by atoms with van der Waals surface area (Å²) in [5.74, 6) is 2.42. The van der Waals surface area contributed by atoms with E-state index in [2.05, 4.69) is 15.8 Å².